The van der Waals surface area contributed by atoms with Crippen LogP contribution in [0.4, 0.5) is 0 Å². The predicted octanol–water partition coefficient (Wildman–Crippen LogP) is 13.6. The molecule has 0 aliphatic rings. The van der Waals surface area contributed by atoms with E-state index in [1.807, 2.05) is 24.3 Å². The molecule has 0 bridgehead atoms. The van der Waals surface area contributed by atoms with Crippen LogP contribution in [0.1, 0.15) is 89.0 Å². The Morgan fingerprint density at radius 3 is 0.783 bits per heavy atom. The molecule has 46 heavy (non-hydrogen) atoms. The van der Waals surface area contributed by atoms with Gasteiger partial charge in [0, 0.05) is 32.7 Å². The molecule has 0 atom stereocenters. The van der Waals surface area contributed by atoms with E-state index in [0.717, 1.165) is 0 Å². The zero-order valence-electron chi connectivity index (χ0n) is 28.7. The van der Waals surface area contributed by atoms with Gasteiger partial charge in [-0.1, -0.05) is 98.5 Å². The number of rotatable bonds is 1. The molecule has 0 unspecified atom stereocenters. The van der Waals surface area contributed by atoms with E-state index in [9.17, 15) is 0 Å². The van der Waals surface area contributed by atoms with Gasteiger partial charge in [0.2, 0.25) is 0 Å². The van der Waals surface area contributed by atoms with E-state index >= 15 is 0 Å². The summed E-state index contributed by atoms with van der Waals surface area (Å²) in [6.45, 7) is 25.6. The van der Waals surface area contributed by atoms with Gasteiger partial charge in [-0.25, -0.2) is 0 Å². The van der Waals surface area contributed by atoms with Crippen LogP contribution in [0.5, 0.6) is 0 Å². The molecule has 0 amide bonds. The first-order chi connectivity index (χ1) is 19.8. The first-order valence-corrected chi connectivity index (χ1v) is 14.9. The van der Waals surface area contributed by atoms with E-state index in [4.69, 9.17) is 0 Å². The molecule has 5 aromatic rings. The maximum Gasteiger partial charge on any atom is 0 e. The van der Waals surface area contributed by atoms with Crippen LogP contribution in [0.2, 0.25) is 0 Å². The summed E-state index contributed by atoms with van der Waals surface area (Å²) in [6, 6.07) is 35.8. The third-order valence-corrected chi connectivity index (χ3v) is 8.16. The molecule has 247 valence electrons. The maximum absolute atomic E-state index is 3.00. The summed E-state index contributed by atoms with van der Waals surface area (Å²) >= 11 is 0. The van der Waals surface area contributed by atoms with E-state index < -0.39 is 0 Å². The minimum atomic E-state index is 0. The minimum Gasteiger partial charge on any atom is -0.184 e. The molecule has 0 aliphatic carbocycles. The van der Waals surface area contributed by atoms with Gasteiger partial charge in [0.15, 0.2) is 0 Å². The van der Waals surface area contributed by atoms with E-state index in [-0.39, 0.29) is 55.0 Å². The maximum atomic E-state index is 3.00. The van der Waals surface area contributed by atoms with E-state index in [1.165, 1.54) is 77.9 Å². The van der Waals surface area contributed by atoms with Crippen molar-refractivity contribution in [1.29, 1.82) is 0 Å². The minimum absolute atomic E-state index is 0. The molecular weight excluding hydrogens is 629 g/mol. The molecule has 0 aliphatic heterocycles. The van der Waals surface area contributed by atoms with Crippen molar-refractivity contribution in [2.24, 2.45) is 0 Å². The van der Waals surface area contributed by atoms with Gasteiger partial charge in [-0.3, -0.25) is 0 Å². The summed E-state index contributed by atoms with van der Waals surface area (Å²) in [5.74, 6) is 0. The molecule has 1 radical (unpaired) electrons. The molecule has 0 N–H and O–H groups in total. The molecule has 0 aromatic heterocycles. The molecule has 0 heterocycles. The molecule has 0 spiro atoms. The van der Waals surface area contributed by atoms with Crippen LogP contribution in [0, 0.1) is 95.2 Å². The molecule has 5 aromatic carbocycles. The first kappa shape index (κ1) is 47.6. The van der Waals surface area contributed by atoms with Crippen molar-refractivity contribution < 1.29 is 32.7 Å². The Bertz CT molecular complexity index is 1400. The Balaban J connectivity index is -0.000000544. The normalized spacial score (nSPS) is 9.04. The SMILES string of the molecule is C.C.C.Cc1c[c-]ccc1C.Cc1c[c-]ccc1C.Cc1cc(C)c(C)cc1C.Cc1ccc(-c2ccc(C)c(C)c2)cc1C.[Y]. The largest absolute Gasteiger partial charge is 0.184 e. The van der Waals surface area contributed by atoms with Crippen LogP contribution in [-0.4, -0.2) is 0 Å². The topological polar surface area (TPSA) is 0 Å². The van der Waals surface area contributed by atoms with Gasteiger partial charge in [0.05, 0.1) is 0 Å². The quantitative estimate of drug-likeness (QED) is 0.154. The van der Waals surface area contributed by atoms with Gasteiger partial charge in [0.1, 0.15) is 0 Å². The van der Waals surface area contributed by atoms with E-state index in [2.05, 4.69) is 156 Å². The van der Waals surface area contributed by atoms with Crippen molar-refractivity contribution in [3.63, 3.8) is 0 Å². The third kappa shape index (κ3) is 15.7. The summed E-state index contributed by atoms with van der Waals surface area (Å²) in [5.41, 5.74) is 18.9. The Morgan fingerprint density at radius 1 is 0.304 bits per heavy atom. The zero-order valence-corrected chi connectivity index (χ0v) is 31.5. The second-order valence-corrected chi connectivity index (χ2v) is 11.6. The Hall–Kier alpha value is -2.80. The molecule has 1 heteroatoms. The monoisotopic (exact) mass is 691 g/mol. The fraction of sp³-hybridized carbons (Fsp3) is 0.333. The fourth-order valence-corrected chi connectivity index (χ4v) is 4.13. The number of hydrogen-bond donors (Lipinski definition) is 0. The van der Waals surface area contributed by atoms with Gasteiger partial charge in [-0.05, 0) is 111 Å². The van der Waals surface area contributed by atoms with Crippen molar-refractivity contribution in [2.45, 2.75) is 105 Å². The summed E-state index contributed by atoms with van der Waals surface area (Å²) in [4.78, 5) is 0. The Labute approximate surface area is 311 Å². The van der Waals surface area contributed by atoms with Crippen molar-refractivity contribution in [1.82, 2.24) is 0 Å². The average Bonchev–Trinajstić information content (AvgIpc) is 2.95. The molecular formula is C45H62Y-2. The van der Waals surface area contributed by atoms with Crippen molar-refractivity contribution >= 4 is 0 Å². The van der Waals surface area contributed by atoms with Gasteiger partial charge in [-0.2, -0.15) is 70.8 Å². The van der Waals surface area contributed by atoms with Crippen LogP contribution < -0.4 is 0 Å². The number of hydrogen-bond acceptors (Lipinski definition) is 0. The van der Waals surface area contributed by atoms with Crippen LogP contribution >= 0.6 is 0 Å². The van der Waals surface area contributed by atoms with E-state index in [0.29, 0.717) is 0 Å². The molecule has 0 saturated carbocycles. The Morgan fingerprint density at radius 2 is 0.565 bits per heavy atom. The number of aryl methyl sites for hydroxylation is 12. The predicted molar refractivity (Wildman–Crippen MR) is 206 cm³/mol. The van der Waals surface area contributed by atoms with Gasteiger partial charge in [-0.15, -0.1) is 0 Å². The van der Waals surface area contributed by atoms with Crippen LogP contribution in [-0.2, 0) is 32.7 Å². The van der Waals surface area contributed by atoms with Gasteiger partial charge in [0.25, 0.3) is 0 Å². The zero-order chi connectivity index (χ0) is 31.4. The molecule has 0 nitrogen and oxygen atoms in total. The molecule has 0 saturated heterocycles. The summed E-state index contributed by atoms with van der Waals surface area (Å²) in [5, 5.41) is 0. The van der Waals surface area contributed by atoms with Crippen molar-refractivity contribution in [2.75, 3.05) is 0 Å². The molecule has 0 fully saturated rings. The third-order valence-electron chi connectivity index (χ3n) is 8.16. The average molecular weight is 692 g/mol. The summed E-state index contributed by atoms with van der Waals surface area (Å²) in [7, 11) is 0. The summed E-state index contributed by atoms with van der Waals surface area (Å²) < 4.78 is 0. The first-order valence-electron chi connectivity index (χ1n) is 14.9. The molecule has 5 rings (SSSR count). The standard InChI is InChI=1S/C16H18.C10H14.2C8H9.3CH4.Y/c1-11-5-7-15(9-13(11)3)16-8-6-12(2)14(4)10-16;1-7-5-9(3)10(4)6-8(7)2;2*1-7-5-3-4-6-8(7)2;;;;/h5-10H,1-4H3;5-6H,1-4H3;2*3,5-6H,1-2H3;3*1H4;/q;;2*-1;;;;. The second-order valence-electron chi connectivity index (χ2n) is 11.6. The van der Waals surface area contributed by atoms with Crippen LogP contribution in [0.25, 0.3) is 11.1 Å². The smallest absolute Gasteiger partial charge is 0 e. The fourth-order valence-electron chi connectivity index (χ4n) is 4.13. The number of benzene rings is 5. The van der Waals surface area contributed by atoms with Crippen LogP contribution in [0.3, 0.4) is 0 Å². The summed E-state index contributed by atoms with van der Waals surface area (Å²) in [6.07, 6.45) is 0. The van der Waals surface area contributed by atoms with Gasteiger partial charge < -0.3 is 0 Å². The van der Waals surface area contributed by atoms with Gasteiger partial charge >= 0.3 is 0 Å². The van der Waals surface area contributed by atoms with Crippen molar-refractivity contribution in [3.05, 3.63) is 164 Å². The van der Waals surface area contributed by atoms with Crippen molar-refractivity contribution in [3.8, 4) is 11.1 Å². The second kappa shape index (κ2) is 23.5. The van der Waals surface area contributed by atoms with Crippen LogP contribution in [0.15, 0.2) is 84.9 Å². The Kier molecular flexibility index (Phi) is 24.3. The van der Waals surface area contributed by atoms with E-state index in [1.54, 1.807) is 0 Å².